The predicted molar refractivity (Wildman–Crippen MR) is 102 cm³/mol. The molecule has 0 aliphatic carbocycles. The van der Waals surface area contributed by atoms with Gasteiger partial charge in [0.05, 0.1) is 13.2 Å². The molecule has 6 heteroatoms. The van der Waals surface area contributed by atoms with E-state index in [-0.39, 0.29) is 17.9 Å². The number of nitrogens with zero attached hydrogens (tertiary/aromatic N) is 2. The van der Waals surface area contributed by atoms with Crippen LogP contribution in [0.5, 0.6) is 5.75 Å². The van der Waals surface area contributed by atoms with Gasteiger partial charge in [0.1, 0.15) is 11.5 Å². The summed E-state index contributed by atoms with van der Waals surface area (Å²) >= 11 is 0. The van der Waals surface area contributed by atoms with Gasteiger partial charge < -0.3 is 9.64 Å². The van der Waals surface area contributed by atoms with Crippen LogP contribution in [0.2, 0.25) is 0 Å². The highest BCUT2D eigenvalue weighted by Crippen LogP contribution is 2.36. The van der Waals surface area contributed by atoms with Crippen LogP contribution in [0.3, 0.4) is 0 Å². The van der Waals surface area contributed by atoms with E-state index in [9.17, 15) is 9.59 Å². The summed E-state index contributed by atoms with van der Waals surface area (Å²) in [6.45, 7) is 0.602. The first-order valence-electron chi connectivity index (χ1n) is 9.05. The molecule has 0 saturated heterocycles. The van der Waals surface area contributed by atoms with E-state index < -0.39 is 0 Å². The number of carbonyl (C=O) groups is 2. The lowest BCUT2D eigenvalue weighted by Gasteiger charge is -2.38. The van der Waals surface area contributed by atoms with Crippen molar-refractivity contribution in [3.63, 3.8) is 0 Å². The Morgan fingerprint density at radius 2 is 2.00 bits per heavy atom. The molecular weight excluding hydrogens is 342 g/mol. The van der Waals surface area contributed by atoms with Crippen molar-refractivity contribution in [2.75, 3.05) is 13.7 Å². The molecule has 27 heavy (non-hydrogen) atoms. The second-order valence-corrected chi connectivity index (χ2v) is 6.72. The number of rotatable bonds is 3. The Labute approximate surface area is 157 Å². The zero-order valence-electron chi connectivity index (χ0n) is 15.1. The molecule has 1 unspecified atom stereocenters. The maximum atomic E-state index is 13.2. The molecule has 2 aliphatic heterocycles. The number of benzene rings is 2. The van der Waals surface area contributed by atoms with E-state index in [0.29, 0.717) is 25.1 Å². The molecule has 6 nitrogen and oxygen atoms in total. The first-order valence-corrected chi connectivity index (χ1v) is 9.05. The van der Waals surface area contributed by atoms with Crippen LogP contribution in [0.15, 0.2) is 53.6 Å². The minimum absolute atomic E-state index is 0.127. The number of hydrogen-bond acceptors (Lipinski definition) is 4. The van der Waals surface area contributed by atoms with Crippen molar-refractivity contribution in [2.24, 2.45) is 5.10 Å². The van der Waals surface area contributed by atoms with Gasteiger partial charge in [-0.15, -0.1) is 0 Å². The number of amides is 2. The van der Waals surface area contributed by atoms with E-state index in [2.05, 4.69) is 22.7 Å². The fraction of sp³-hybridized carbons (Fsp3) is 0.286. The summed E-state index contributed by atoms with van der Waals surface area (Å²) in [6, 6.07) is 15.8. The normalized spacial score (nSPS) is 19.0. The Kier molecular flexibility index (Phi) is 4.62. The molecule has 1 atom stereocenters. The highest BCUT2D eigenvalue weighted by Gasteiger charge is 2.34. The minimum Gasteiger partial charge on any atom is -0.497 e. The van der Waals surface area contributed by atoms with Crippen LogP contribution in [0.1, 0.15) is 35.6 Å². The van der Waals surface area contributed by atoms with Crippen LogP contribution in [-0.2, 0) is 16.0 Å². The molecule has 2 amide bonds. The van der Waals surface area contributed by atoms with Crippen molar-refractivity contribution in [3.05, 3.63) is 65.2 Å². The Morgan fingerprint density at radius 1 is 1.15 bits per heavy atom. The van der Waals surface area contributed by atoms with Crippen molar-refractivity contribution in [1.29, 1.82) is 0 Å². The lowest BCUT2D eigenvalue weighted by atomic mass is 9.87. The molecule has 138 valence electrons. The van der Waals surface area contributed by atoms with Gasteiger partial charge in [-0.2, -0.15) is 5.10 Å². The first-order chi connectivity index (χ1) is 13.2. The molecule has 2 aliphatic rings. The molecule has 2 aromatic rings. The minimum atomic E-state index is -0.210. The lowest BCUT2D eigenvalue weighted by Crippen LogP contribution is -2.45. The quantitative estimate of drug-likeness (QED) is 0.910. The zero-order chi connectivity index (χ0) is 18.8. The van der Waals surface area contributed by atoms with Gasteiger partial charge >= 0.3 is 0 Å². The number of methoxy groups -OCH3 is 1. The number of carbonyl (C=O) groups excluding carboxylic acids is 2. The maximum Gasteiger partial charge on any atom is 0.270 e. The molecule has 1 N–H and O–H groups in total. The van der Waals surface area contributed by atoms with Crippen LogP contribution >= 0.6 is 0 Å². The molecule has 0 saturated carbocycles. The number of hydrogen-bond donors (Lipinski definition) is 1. The molecule has 0 aromatic heterocycles. The smallest absolute Gasteiger partial charge is 0.270 e. The van der Waals surface area contributed by atoms with Crippen LogP contribution in [0.25, 0.3) is 0 Å². The second kappa shape index (κ2) is 7.23. The van der Waals surface area contributed by atoms with E-state index in [1.165, 1.54) is 5.56 Å². The van der Waals surface area contributed by atoms with Crippen molar-refractivity contribution in [3.8, 4) is 5.75 Å². The van der Waals surface area contributed by atoms with E-state index in [0.717, 1.165) is 23.3 Å². The van der Waals surface area contributed by atoms with Gasteiger partial charge in [-0.1, -0.05) is 36.4 Å². The lowest BCUT2D eigenvalue weighted by molar-refractivity contribution is -0.126. The average molecular weight is 363 g/mol. The Hall–Kier alpha value is -3.15. The third kappa shape index (κ3) is 3.30. The molecule has 0 fully saturated rings. The summed E-state index contributed by atoms with van der Waals surface area (Å²) in [4.78, 5) is 26.4. The SMILES string of the molecule is COc1cccc(C2c3ccccc3CCN2C(=O)C2=NNC(=O)CC2)c1. The van der Waals surface area contributed by atoms with E-state index in [1.807, 2.05) is 41.3 Å². The summed E-state index contributed by atoms with van der Waals surface area (Å²) < 4.78 is 5.38. The van der Waals surface area contributed by atoms with Crippen molar-refractivity contribution in [1.82, 2.24) is 10.3 Å². The molecule has 2 aromatic carbocycles. The standard InChI is InChI=1S/C21H21N3O3/c1-27-16-7-4-6-15(13-16)20-17-8-3-2-5-14(17)11-12-24(20)21(26)18-9-10-19(25)23-22-18/h2-8,13,20H,9-12H2,1H3,(H,23,25). The summed E-state index contributed by atoms with van der Waals surface area (Å²) in [7, 11) is 1.64. The topological polar surface area (TPSA) is 71.0 Å². The number of fused-ring (bicyclic) bond motifs is 1. The highest BCUT2D eigenvalue weighted by molar-refractivity contribution is 6.39. The van der Waals surface area contributed by atoms with Crippen molar-refractivity contribution in [2.45, 2.75) is 25.3 Å². The van der Waals surface area contributed by atoms with Gasteiger partial charge in [0.15, 0.2) is 0 Å². The molecule has 0 radical (unpaired) electrons. The number of ether oxygens (including phenoxy) is 1. The maximum absolute atomic E-state index is 13.2. The van der Waals surface area contributed by atoms with Crippen LogP contribution in [0.4, 0.5) is 0 Å². The third-order valence-corrected chi connectivity index (χ3v) is 5.11. The summed E-state index contributed by atoms with van der Waals surface area (Å²) in [5, 5.41) is 4.00. The predicted octanol–water partition coefficient (Wildman–Crippen LogP) is 2.44. The molecular formula is C21H21N3O3. The monoisotopic (exact) mass is 363 g/mol. The largest absolute Gasteiger partial charge is 0.497 e. The molecule has 2 heterocycles. The van der Waals surface area contributed by atoms with Crippen LogP contribution < -0.4 is 10.2 Å². The van der Waals surface area contributed by atoms with Gasteiger partial charge in [-0.05, 0) is 35.2 Å². The summed E-state index contributed by atoms with van der Waals surface area (Å²) in [6.07, 6.45) is 1.45. The molecule has 4 rings (SSSR count). The Balaban J connectivity index is 1.76. The highest BCUT2D eigenvalue weighted by atomic mass is 16.5. The van der Waals surface area contributed by atoms with Crippen molar-refractivity contribution < 1.29 is 14.3 Å². The average Bonchev–Trinajstić information content (AvgIpc) is 2.73. The van der Waals surface area contributed by atoms with E-state index in [4.69, 9.17) is 4.74 Å². The third-order valence-electron chi connectivity index (χ3n) is 5.11. The fourth-order valence-corrected chi connectivity index (χ4v) is 3.75. The first kappa shape index (κ1) is 17.3. The van der Waals surface area contributed by atoms with Gasteiger partial charge in [0.25, 0.3) is 5.91 Å². The van der Waals surface area contributed by atoms with Crippen LogP contribution in [0, 0.1) is 0 Å². The molecule has 0 spiro atoms. The van der Waals surface area contributed by atoms with Gasteiger partial charge in [-0.3, -0.25) is 9.59 Å². The van der Waals surface area contributed by atoms with Crippen molar-refractivity contribution >= 4 is 17.5 Å². The fourth-order valence-electron chi connectivity index (χ4n) is 3.75. The van der Waals surface area contributed by atoms with Gasteiger partial charge in [0.2, 0.25) is 5.91 Å². The summed E-state index contributed by atoms with van der Waals surface area (Å²) in [5.41, 5.74) is 6.19. The zero-order valence-corrected chi connectivity index (χ0v) is 15.1. The number of hydrazone groups is 1. The second-order valence-electron chi connectivity index (χ2n) is 6.72. The number of nitrogens with one attached hydrogen (secondary N) is 1. The van der Waals surface area contributed by atoms with E-state index >= 15 is 0 Å². The Morgan fingerprint density at radius 3 is 2.78 bits per heavy atom. The summed E-state index contributed by atoms with van der Waals surface area (Å²) in [5.74, 6) is 0.474. The Bertz CT molecular complexity index is 922. The van der Waals surface area contributed by atoms with E-state index in [1.54, 1.807) is 7.11 Å². The molecule has 0 bridgehead atoms. The van der Waals surface area contributed by atoms with Gasteiger partial charge in [0, 0.05) is 19.4 Å². The van der Waals surface area contributed by atoms with Gasteiger partial charge in [-0.25, -0.2) is 5.43 Å². The van der Waals surface area contributed by atoms with Crippen LogP contribution in [-0.4, -0.2) is 36.1 Å².